The molecule has 1 atom stereocenters. The Balaban J connectivity index is 2.19. The molecule has 0 spiro atoms. The van der Waals surface area contributed by atoms with E-state index in [1.165, 1.54) is 0 Å². The minimum absolute atomic E-state index is 0.180. The smallest absolute Gasteiger partial charge is 0.240 e. The van der Waals surface area contributed by atoms with Gasteiger partial charge in [-0.1, -0.05) is 0 Å². The Labute approximate surface area is 141 Å². The standard InChI is InChI=1S/C16H21NO4S2/c1-11-7-14(8-12(2)16(11)21-4)23(18,19)17-9-15(20-3)13-5-6-22-10-13/h5-8,10,15,17H,9H2,1-4H3. The molecule has 0 saturated carbocycles. The Morgan fingerprint density at radius 3 is 2.35 bits per heavy atom. The summed E-state index contributed by atoms with van der Waals surface area (Å²) >= 11 is 1.55. The fourth-order valence-corrected chi connectivity index (χ4v) is 4.35. The number of hydrogen-bond acceptors (Lipinski definition) is 5. The number of methoxy groups -OCH3 is 2. The molecule has 0 saturated heterocycles. The first-order valence-corrected chi connectivity index (χ1v) is 9.51. The van der Waals surface area contributed by atoms with Crippen LogP contribution in [0.5, 0.6) is 5.75 Å². The summed E-state index contributed by atoms with van der Waals surface area (Å²) in [7, 11) is -0.466. The molecule has 1 heterocycles. The molecule has 23 heavy (non-hydrogen) atoms. The topological polar surface area (TPSA) is 64.6 Å². The lowest BCUT2D eigenvalue weighted by atomic mass is 10.1. The Morgan fingerprint density at radius 1 is 1.22 bits per heavy atom. The molecule has 1 N–H and O–H groups in total. The van der Waals surface area contributed by atoms with E-state index in [0.717, 1.165) is 16.7 Å². The van der Waals surface area contributed by atoms with Crippen LogP contribution in [0, 0.1) is 13.8 Å². The maximum Gasteiger partial charge on any atom is 0.240 e. The molecule has 1 aromatic carbocycles. The second-order valence-electron chi connectivity index (χ2n) is 5.22. The number of nitrogens with one attached hydrogen (secondary N) is 1. The van der Waals surface area contributed by atoms with Crippen molar-refractivity contribution in [3.05, 3.63) is 45.6 Å². The van der Waals surface area contributed by atoms with Gasteiger partial charge in [0.15, 0.2) is 0 Å². The van der Waals surface area contributed by atoms with Gasteiger partial charge < -0.3 is 9.47 Å². The molecule has 0 aliphatic rings. The zero-order valence-corrected chi connectivity index (χ0v) is 15.3. The Kier molecular flexibility index (Phi) is 5.80. The highest BCUT2D eigenvalue weighted by atomic mass is 32.2. The summed E-state index contributed by atoms with van der Waals surface area (Å²) in [4.78, 5) is 0.230. The van der Waals surface area contributed by atoms with Crippen molar-refractivity contribution >= 4 is 21.4 Å². The van der Waals surface area contributed by atoms with Gasteiger partial charge in [0.05, 0.1) is 18.1 Å². The van der Waals surface area contributed by atoms with Gasteiger partial charge >= 0.3 is 0 Å². The molecule has 2 rings (SSSR count). The van der Waals surface area contributed by atoms with Crippen molar-refractivity contribution < 1.29 is 17.9 Å². The van der Waals surface area contributed by atoms with Crippen LogP contribution in [0.1, 0.15) is 22.8 Å². The molecule has 0 radical (unpaired) electrons. The summed E-state index contributed by atoms with van der Waals surface area (Å²) in [5.41, 5.74) is 2.53. The summed E-state index contributed by atoms with van der Waals surface area (Å²) in [6, 6.07) is 5.15. The minimum atomic E-state index is -3.61. The fourth-order valence-electron chi connectivity index (χ4n) is 2.45. The molecular weight excluding hydrogens is 334 g/mol. The number of hydrogen-bond donors (Lipinski definition) is 1. The van der Waals surface area contributed by atoms with Gasteiger partial charge in [-0.2, -0.15) is 11.3 Å². The molecule has 1 aromatic heterocycles. The van der Waals surface area contributed by atoms with Gasteiger partial charge in [0.2, 0.25) is 10.0 Å². The summed E-state index contributed by atoms with van der Waals surface area (Å²) in [5, 5.41) is 3.89. The zero-order valence-electron chi connectivity index (χ0n) is 13.6. The largest absolute Gasteiger partial charge is 0.496 e. The van der Waals surface area contributed by atoms with Crippen molar-refractivity contribution in [1.29, 1.82) is 0 Å². The normalized spacial score (nSPS) is 13.0. The van der Waals surface area contributed by atoms with Crippen molar-refractivity contribution in [3.8, 4) is 5.75 Å². The molecule has 0 aliphatic heterocycles. The van der Waals surface area contributed by atoms with Gasteiger partial charge in [-0.15, -0.1) is 0 Å². The summed E-state index contributed by atoms with van der Waals surface area (Å²) in [6.07, 6.45) is -0.309. The quantitative estimate of drug-likeness (QED) is 0.829. The molecule has 1 unspecified atom stereocenters. The van der Waals surface area contributed by atoms with Crippen molar-refractivity contribution in [2.75, 3.05) is 20.8 Å². The molecule has 7 heteroatoms. The number of ether oxygens (including phenoxy) is 2. The Hall–Kier alpha value is -1.41. The second-order valence-corrected chi connectivity index (χ2v) is 7.77. The van der Waals surface area contributed by atoms with Crippen molar-refractivity contribution in [1.82, 2.24) is 4.72 Å². The second kappa shape index (κ2) is 7.44. The van der Waals surface area contributed by atoms with Crippen LogP contribution in [0.3, 0.4) is 0 Å². The third kappa shape index (κ3) is 4.11. The van der Waals surface area contributed by atoms with Crippen LogP contribution < -0.4 is 9.46 Å². The lowest BCUT2D eigenvalue weighted by Crippen LogP contribution is -2.29. The molecule has 0 amide bonds. The van der Waals surface area contributed by atoms with Crippen molar-refractivity contribution in [2.45, 2.75) is 24.8 Å². The third-order valence-electron chi connectivity index (χ3n) is 3.61. The van der Waals surface area contributed by atoms with E-state index in [9.17, 15) is 8.42 Å². The average molecular weight is 355 g/mol. The Morgan fingerprint density at radius 2 is 1.87 bits per heavy atom. The predicted octanol–water partition coefficient (Wildman–Crippen LogP) is 3.04. The van der Waals surface area contributed by atoms with E-state index in [2.05, 4.69) is 4.72 Å². The van der Waals surface area contributed by atoms with E-state index >= 15 is 0 Å². The molecular formula is C16H21NO4S2. The number of benzene rings is 1. The fraction of sp³-hybridized carbons (Fsp3) is 0.375. The number of sulfonamides is 1. The van der Waals surface area contributed by atoms with Crippen LogP contribution in [0.4, 0.5) is 0 Å². The summed E-state index contributed by atoms with van der Waals surface area (Å²) in [6.45, 7) is 3.84. The first-order chi connectivity index (χ1) is 10.9. The summed E-state index contributed by atoms with van der Waals surface area (Å²) in [5.74, 6) is 0.706. The highest BCUT2D eigenvalue weighted by Crippen LogP contribution is 2.27. The average Bonchev–Trinajstić information content (AvgIpc) is 3.01. The van der Waals surface area contributed by atoms with E-state index in [0.29, 0.717) is 5.75 Å². The van der Waals surface area contributed by atoms with Crippen LogP contribution in [-0.4, -0.2) is 29.2 Å². The number of rotatable bonds is 7. The van der Waals surface area contributed by atoms with Crippen LogP contribution >= 0.6 is 11.3 Å². The number of aryl methyl sites for hydroxylation is 2. The predicted molar refractivity (Wildman–Crippen MR) is 91.7 cm³/mol. The Bertz CT molecular complexity index is 731. The van der Waals surface area contributed by atoms with Gasteiger partial charge in [0.25, 0.3) is 0 Å². The van der Waals surface area contributed by atoms with Crippen molar-refractivity contribution in [2.24, 2.45) is 0 Å². The monoisotopic (exact) mass is 355 g/mol. The maximum absolute atomic E-state index is 12.5. The minimum Gasteiger partial charge on any atom is -0.496 e. The molecule has 0 aliphatic carbocycles. The highest BCUT2D eigenvalue weighted by molar-refractivity contribution is 7.89. The first-order valence-electron chi connectivity index (χ1n) is 7.09. The van der Waals surface area contributed by atoms with E-state index in [4.69, 9.17) is 9.47 Å². The molecule has 126 valence electrons. The lowest BCUT2D eigenvalue weighted by molar-refractivity contribution is 0.107. The first kappa shape index (κ1) is 17.9. The van der Waals surface area contributed by atoms with Crippen LogP contribution in [0.25, 0.3) is 0 Å². The molecule has 5 nitrogen and oxygen atoms in total. The maximum atomic E-state index is 12.5. The van der Waals surface area contributed by atoms with Gasteiger partial charge in [0.1, 0.15) is 5.75 Å². The van der Waals surface area contributed by atoms with Crippen LogP contribution in [-0.2, 0) is 14.8 Å². The van der Waals surface area contributed by atoms with E-state index < -0.39 is 10.0 Å². The number of thiophene rings is 1. The SMILES string of the molecule is COc1c(C)cc(S(=O)(=O)NCC(OC)c2ccsc2)cc1C. The van der Waals surface area contributed by atoms with E-state index in [1.54, 1.807) is 37.7 Å². The molecule has 0 bridgehead atoms. The third-order valence-corrected chi connectivity index (χ3v) is 5.71. The van der Waals surface area contributed by atoms with Crippen LogP contribution in [0.2, 0.25) is 0 Å². The van der Waals surface area contributed by atoms with Crippen LogP contribution in [0.15, 0.2) is 33.9 Å². The van der Waals surface area contributed by atoms with Gasteiger partial charge in [0, 0.05) is 13.7 Å². The van der Waals surface area contributed by atoms with E-state index in [1.807, 2.05) is 30.7 Å². The summed E-state index contributed by atoms with van der Waals surface area (Å²) < 4.78 is 38.3. The van der Waals surface area contributed by atoms with Gasteiger partial charge in [-0.25, -0.2) is 13.1 Å². The zero-order chi connectivity index (χ0) is 17.0. The van der Waals surface area contributed by atoms with Gasteiger partial charge in [-0.05, 0) is 59.5 Å². The molecule has 0 fully saturated rings. The highest BCUT2D eigenvalue weighted by Gasteiger charge is 2.20. The van der Waals surface area contributed by atoms with Crippen molar-refractivity contribution in [3.63, 3.8) is 0 Å². The lowest BCUT2D eigenvalue weighted by Gasteiger charge is -2.16. The molecule has 2 aromatic rings. The van der Waals surface area contributed by atoms with Gasteiger partial charge in [-0.3, -0.25) is 0 Å². The van der Waals surface area contributed by atoms with E-state index in [-0.39, 0.29) is 17.5 Å².